The van der Waals surface area contributed by atoms with Gasteiger partial charge in [0.1, 0.15) is 5.78 Å². The molecule has 0 radical (unpaired) electrons. The third-order valence-corrected chi connectivity index (χ3v) is 3.27. The summed E-state index contributed by atoms with van der Waals surface area (Å²) in [5, 5.41) is 0. The SMILES string of the molecule is CC(C)=CC(=O)CCN1CC(C)C(=O)CC1C. The van der Waals surface area contributed by atoms with Crippen LogP contribution < -0.4 is 0 Å². The molecule has 0 aromatic carbocycles. The maximum absolute atomic E-state index is 11.6. The number of carbonyl (C=O) groups excluding carboxylic acids is 2. The molecular formula is C14H23NO2. The van der Waals surface area contributed by atoms with Crippen LogP contribution in [0.4, 0.5) is 0 Å². The highest BCUT2D eigenvalue weighted by molar-refractivity contribution is 5.90. The summed E-state index contributed by atoms with van der Waals surface area (Å²) in [5.74, 6) is 0.649. The van der Waals surface area contributed by atoms with Crippen molar-refractivity contribution in [1.29, 1.82) is 0 Å². The molecule has 1 aliphatic heterocycles. The highest BCUT2D eigenvalue weighted by Gasteiger charge is 2.28. The second-order valence-corrected chi connectivity index (χ2v) is 5.35. The van der Waals surface area contributed by atoms with Gasteiger partial charge >= 0.3 is 0 Å². The summed E-state index contributed by atoms with van der Waals surface area (Å²) in [6, 6.07) is 0.276. The van der Waals surface area contributed by atoms with E-state index in [1.807, 2.05) is 20.8 Å². The van der Waals surface area contributed by atoms with E-state index in [1.165, 1.54) is 0 Å². The van der Waals surface area contributed by atoms with E-state index in [2.05, 4.69) is 11.8 Å². The summed E-state index contributed by atoms with van der Waals surface area (Å²) in [5.41, 5.74) is 1.05. The van der Waals surface area contributed by atoms with Gasteiger partial charge in [0.15, 0.2) is 5.78 Å². The summed E-state index contributed by atoms with van der Waals surface area (Å²) < 4.78 is 0. The Labute approximate surface area is 104 Å². The number of Topliss-reactive ketones (excluding diaryl/α,β-unsaturated/α-hetero) is 1. The molecule has 96 valence electrons. The predicted octanol–water partition coefficient (Wildman–Crippen LogP) is 2.21. The molecule has 1 aliphatic rings. The quantitative estimate of drug-likeness (QED) is 0.703. The van der Waals surface area contributed by atoms with E-state index in [0.29, 0.717) is 18.6 Å². The van der Waals surface area contributed by atoms with Crippen LogP contribution in [-0.4, -0.2) is 35.6 Å². The molecule has 2 atom stereocenters. The standard InChI is InChI=1S/C14H23NO2/c1-10(2)7-13(16)5-6-15-9-11(3)14(17)8-12(15)4/h7,11-12H,5-6,8-9H2,1-4H3. The zero-order chi connectivity index (χ0) is 13.0. The van der Waals surface area contributed by atoms with Crippen LogP contribution in [0.15, 0.2) is 11.6 Å². The van der Waals surface area contributed by atoms with E-state index in [1.54, 1.807) is 6.08 Å². The number of piperidine rings is 1. The zero-order valence-electron chi connectivity index (χ0n) is 11.3. The van der Waals surface area contributed by atoms with Crippen LogP contribution in [0.3, 0.4) is 0 Å². The van der Waals surface area contributed by atoms with Gasteiger partial charge in [0.05, 0.1) is 0 Å². The molecule has 3 heteroatoms. The molecule has 0 aromatic heterocycles. The molecule has 2 unspecified atom stereocenters. The largest absolute Gasteiger partial charge is 0.299 e. The molecule has 0 aliphatic carbocycles. The first-order valence-electron chi connectivity index (χ1n) is 6.34. The monoisotopic (exact) mass is 237 g/mol. The topological polar surface area (TPSA) is 37.4 Å². The second-order valence-electron chi connectivity index (χ2n) is 5.35. The Morgan fingerprint density at radius 3 is 2.65 bits per heavy atom. The Hall–Kier alpha value is -0.960. The lowest BCUT2D eigenvalue weighted by atomic mass is 9.93. The van der Waals surface area contributed by atoms with Gasteiger partial charge in [-0.25, -0.2) is 0 Å². The second kappa shape index (κ2) is 6.10. The smallest absolute Gasteiger partial charge is 0.156 e. The molecule has 1 saturated heterocycles. The van der Waals surface area contributed by atoms with Crippen molar-refractivity contribution in [2.45, 2.75) is 46.6 Å². The lowest BCUT2D eigenvalue weighted by Crippen LogP contribution is -2.46. The number of ketones is 2. The Kier molecular flexibility index (Phi) is 5.06. The molecule has 1 fully saturated rings. The third kappa shape index (κ3) is 4.43. The average molecular weight is 237 g/mol. The van der Waals surface area contributed by atoms with Crippen molar-refractivity contribution in [3.05, 3.63) is 11.6 Å². The van der Waals surface area contributed by atoms with Crippen LogP contribution in [0.5, 0.6) is 0 Å². The highest BCUT2D eigenvalue weighted by Crippen LogP contribution is 2.18. The fourth-order valence-electron chi connectivity index (χ4n) is 2.21. The van der Waals surface area contributed by atoms with E-state index in [-0.39, 0.29) is 17.7 Å². The number of hydrogen-bond acceptors (Lipinski definition) is 3. The van der Waals surface area contributed by atoms with Crippen molar-refractivity contribution < 1.29 is 9.59 Å². The van der Waals surface area contributed by atoms with Crippen LogP contribution in [0.25, 0.3) is 0 Å². The summed E-state index contributed by atoms with van der Waals surface area (Å²) in [6.45, 7) is 9.46. The number of allylic oxidation sites excluding steroid dienone is 2. The Balaban J connectivity index is 2.44. The Bertz CT molecular complexity index is 329. The molecule has 3 nitrogen and oxygen atoms in total. The van der Waals surface area contributed by atoms with Crippen molar-refractivity contribution >= 4 is 11.6 Å². The van der Waals surface area contributed by atoms with Gasteiger partial charge in [-0.3, -0.25) is 14.5 Å². The van der Waals surface area contributed by atoms with Crippen LogP contribution in [-0.2, 0) is 9.59 Å². The van der Waals surface area contributed by atoms with Gasteiger partial charge in [-0.15, -0.1) is 0 Å². The zero-order valence-corrected chi connectivity index (χ0v) is 11.3. The van der Waals surface area contributed by atoms with Crippen LogP contribution >= 0.6 is 0 Å². The van der Waals surface area contributed by atoms with Gasteiger partial charge in [0.25, 0.3) is 0 Å². The van der Waals surface area contributed by atoms with Gasteiger partial charge in [0.2, 0.25) is 0 Å². The summed E-state index contributed by atoms with van der Waals surface area (Å²) in [6.07, 6.45) is 2.87. The molecular weight excluding hydrogens is 214 g/mol. The number of hydrogen-bond donors (Lipinski definition) is 0. The van der Waals surface area contributed by atoms with Gasteiger partial charge in [0, 0.05) is 37.9 Å². The average Bonchev–Trinajstić information content (AvgIpc) is 2.20. The molecule has 0 N–H and O–H groups in total. The molecule has 0 amide bonds. The van der Waals surface area contributed by atoms with Gasteiger partial charge in [-0.2, -0.15) is 0 Å². The van der Waals surface area contributed by atoms with E-state index >= 15 is 0 Å². The maximum atomic E-state index is 11.6. The van der Waals surface area contributed by atoms with Crippen molar-refractivity contribution in [2.75, 3.05) is 13.1 Å². The van der Waals surface area contributed by atoms with E-state index in [9.17, 15) is 9.59 Å². The minimum Gasteiger partial charge on any atom is -0.299 e. The van der Waals surface area contributed by atoms with Crippen molar-refractivity contribution in [2.24, 2.45) is 5.92 Å². The lowest BCUT2D eigenvalue weighted by Gasteiger charge is -2.35. The minimum atomic E-state index is 0.116. The minimum absolute atomic E-state index is 0.116. The maximum Gasteiger partial charge on any atom is 0.156 e. The van der Waals surface area contributed by atoms with Crippen molar-refractivity contribution in [3.63, 3.8) is 0 Å². The van der Waals surface area contributed by atoms with Gasteiger partial charge in [-0.05, 0) is 26.8 Å². The molecule has 0 saturated carbocycles. The lowest BCUT2D eigenvalue weighted by molar-refractivity contribution is -0.127. The van der Waals surface area contributed by atoms with E-state index in [4.69, 9.17) is 0 Å². The van der Waals surface area contributed by atoms with Crippen LogP contribution in [0, 0.1) is 5.92 Å². The number of carbonyl (C=O) groups is 2. The summed E-state index contributed by atoms with van der Waals surface area (Å²) in [4.78, 5) is 25.4. The molecule has 1 heterocycles. The van der Waals surface area contributed by atoms with E-state index < -0.39 is 0 Å². The first-order chi connectivity index (χ1) is 7.90. The molecule has 0 aromatic rings. The molecule has 1 rings (SSSR count). The fourth-order valence-corrected chi connectivity index (χ4v) is 2.21. The molecule has 0 spiro atoms. The molecule has 17 heavy (non-hydrogen) atoms. The van der Waals surface area contributed by atoms with Crippen molar-refractivity contribution in [1.82, 2.24) is 4.90 Å². The summed E-state index contributed by atoms with van der Waals surface area (Å²) >= 11 is 0. The van der Waals surface area contributed by atoms with E-state index in [0.717, 1.165) is 18.7 Å². The predicted molar refractivity (Wildman–Crippen MR) is 68.9 cm³/mol. The van der Waals surface area contributed by atoms with Crippen LogP contribution in [0.2, 0.25) is 0 Å². The first-order valence-corrected chi connectivity index (χ1v) is 6.34. The van der Waals surface area contributed by atoms with Gasteiger partial charge in [-0.1, -0.05) is 12.5 Å². The number of likely N-dealkylation sites (tertiary alicyclic amines) is 1. The Morgan fingerprint density at radius 2 is 2.06 bits per heavy atom. The summed E-state index contributed by atoms with van der Waals surface area (Å²) in [7, 11) is 0. The Morgan fingerprint density at radius 1 is 1.41 bits per heavy atom. The van der Waals surface area contributed by atoms with Crippen molar-refractivity contribution in [3.8, 4) is 0 Å². The molecule has 0 bridgehead atoms. The number of rotatable bonds is 4. The normalized spacial score (nSPS) is 25.8. The highest BCUT2D eigenvalue weighted by atomic mass is 16.1. The van der Waals surface area contributed by atoms with Gasteiger partial charge < -0.3 is 0 Å². The third-order valence-electron chi connectivity index (χ3n) is 3.27. The first kappa shape index (κ1) is 14.1. The number of nitrogens with zero attached hydrogens (tertiary/aromatic N) is 1. The van der Waals surface area contributed by atoms with Crippen LogP contribution in [0.1, 0.15) is 40.5 Å². The fraction of sp³-hybridized carbons (Fsp3) is 0.714.